The van der Waals surface area contributed by atoms with Gasteiger partial charge in [0.05, 0.1) is 6.04 Å². The Morgan fingerprint density at radius 1 is 1.17 bits per heavy atom. The average molecular weight is 361 g/mol. The molecular formula is C19H21ClN2OS. The summed E-state index contributed by atoms with van der Waals surface area (Å²) in [6, 6.07) is 13.9. The summed E-state index contributed by atoms with van der Waals surface area (Å²) in [5.74, 6) is 0. The highest BCUT2D eigenvalue weighted by atomic mass is 35.5. The molecule has 1 aliphatic rings. The van der Waals surface area contributed by atoms with Crippen LogP contribution in [0.2, 0.25) is 5.02 Å². The number of rotatable bonds is 1. The Balaban J connectivity index is 1.95. The quantitative estimate of drug-likeness (QED) is 0.735. The van der Waals surface area contributed by atoms with Gasteiger partial charge < -0.3 is 10.6 Å². The van der Waals surface area contributed by atoms with E-state index in [4.69, 9.17) is 11.6 Å². The highest BCUT2D eigenvalue weighted by Crippen LogP contribution is 2.41. The number of fused-ring (bicyclic) bond motifs is 2. The van der Waals surface area contributed by atoms with Crippen molar-refractivity contribution in [3.05, 3.63) is 58.6 Å². The summed E-state index contributed by atoms with van der Waals surface area (Å²) in [7, 11) is 0. The van der Waals surface area contributed by atoms with Gasteiger partial charge in [-0.1, -0.05) is 41.6 Å². The normalized spacial score (nSPS) is 16.6. The number of hydrogen-bond donors (Lipinski definition) is 2. The van der Waals surface area contributed by atoms with Crippen molar-refractivity contribution >= 4 is 29.4 Å². The van der Waals surface area contributed by atoms with Crippen LogP contribution >= 0.6 is 23.4 Å². The van der Waals surface area contributed by atoms with Gasteiger partial charge in [-0.05, 0) is 62.6 Å². The van der Waals surface area contributed by atoms with Crippen LogP contribution in [-0.4, -0.2) is 11.6 Å². The molecule has 5 heteroatoms. The molecule has 0 aliphatic carbocycles. The van der Waals surface area contributed by atoms with Crippen molar-refractivity contribution < 1.29 is 4.79 Å². The van der Waals surface area contributed by atoms with Gasteiger partial charge in [-0.2, -0.15) is 0 Å². The zero-order valence-corrected chi connectivity index (χ0v) is 15.6. The molecule has 0 radical (unpaired) electrons. The van der Waals surface area contributed by atoms with Gasteiger partial charge in [0.1, 0.15) is 0 Å². The number of amides is 2. The van der Waals surface area contributed by atoms with Gasteiger partial charge in [0.2, 0.25) is 0 Å². The average Bonchev–Trinajstić information content (AvgIpc) is 2.62. The summed E-state index contributed by atoms with van der Waals surface area (Å²) in [4.78, 5) is 14.7. The first-order valence-electron chi connectivity index (χ1n) is 7.96. The lowest BCUT2D eigenvalue weighted by Crippen LogP contribution is -2.47. The van der Waals surface area contributed by atoms with Crippen LogP contribution in [0.15, 0.2) is 52.3 Å². The van der Waals surface area contributed by atoms with E-state index in [2.05, 4.69) is 22.8 Å². The van der Waals surface area contributed by atoms with Crippen LogP contribution < -0.4 is 10.6 Å². The van der Waals surface area contributed by atoms with Crippen molar-refractivity contribution in [3.63, 3.8) is 0 Å². The first-order valence-corrected chi connectivity index (χ1v) is 9.15. The molecule has 1 heterocycles. The number of halogens is 1. The van der Waals surface area contributed by atoms with Crippen molar-refractivity contribution in [1.82, 2.24) is 10.6 Å². The molecule has 0 fully saturated rings. The van der Waals surface area contributed by atoms with Crippen LogP contribution in [0.4, 0.5) is 4.79 Å². The standard InChI is InChI=1S/C19H21ClN2OS/c1-19(2,3)22-18(23)21-15-10-12-6-4-5-7-16(12)24-17-9-8-13(20)11-14(15)17/h4-9,11,15H,10H2,1-3H3,(H2,21,22,23). The number of urea groups is 1. The second-order valence-electron chi connectivity index (χ2n) is 7.00. The van der Waals surface area contributed by atoms with Crippen LogP contribution in [-0.2, 0) is 6.42 Å². The van der Waals surface area contributed by atoms with Gasteiger partial charge in [-0.3, -0.25) is 0 Å². The van der Waals surface area contributed by atoms with E-state index in [1.54, 1.807) is 11.8 Å². The largest absolute Gasteiger partial charge is 0.334 e. The highest BCUT2D eigenvalue weighted by Gasteiger charge is 2.25. The summed E-state index contributed by atoms with van der Waals surface area (Å²) in [6.45, 7) is 5.90. The molecule has 3 rings (SSSR count). The summed E-state index contributed by atoms with van der Waals surface area (Å²) in [5, 5.41) is 6.77. The Morgan fingerprint density at radius 2 is 1.92 bits per heavy atom. The lowest BCUT2D eigenvalue weighted by molar-refractivity contribution is 0.228. The van der Waals surface area contributed by atoms with E-state index in [0.29, 0.717) is 5.02 Å². The van der Waals surface area contributed by atoms with Crippen molar-refractivity contribution in [2.24, 2.45) is 0 Å². The summed E-state index contributed by atoms with van der Waals surface area (Å²) in [5.41, 5.74) is 2.02. The Bertz CT molecular complexity index is 770. The van der Waals surface area contributed by atoms with E-state index in [0.717, 1.165) is 16.9 Å². The molecule has 0 aromatic heterocycles. The van der Waals surface area contributed by atoms with Gasteiger partial charge in [-0.25, -0.2) is 4.79 Å². The van der Waals surface area contributed by atoms with E-state index in [1.807, 2.05) is 51.1 Å². The third-order valence-electron chi connectivity index (χ3n) is 3.76. The summed E-state index contributed by atoms with van der Waals surface area (Å²) < 4.78 is 0. The van der Waals surface area contributed by atoms with Crippen LogP contribution in [0.25, 0.3) is 0 Å². The maximum absolute atomic E-state index is 12.4. The van der Waals surface area contributed by atoms with Crippen LogP contribution in [0.5, 0.6) is 0 Å². The number of hydrogen-bond acceptors (Lipinski definition) is 2. The molecule has 1 atom stereocenters. The molecular weight excluding hydrogens is 340 g/mol. The number of nitrogens with one attached hydrogen (secondary N) is 2. The van der Waals surface area contributed by atoms with Gasteiger partial charge in [-0.15, -0.1) is 0 Å². The van der Waals surface area contributed by atoms with Gasteiger partial charge >= 0.3 is 6.03 Å². The Kier molecular flexibility index (Phi) is 4.79. The number of benzene rings is 2. The van der Waals surface area contributed by atoms with Gasteiger partial charge in [0.15, 0.2) is 0 Å². The SMILES string of the molecule is CC(C)(C)NC(=O)NC1Cc2ccccc2Sc2ccc(Cl)cc21. The molecule has 0 saturated heterocycles. The Morgan fingerprint density at radius 3 is 2.67 bits per heavy atom. The van der Waals surface area contributed by atoms with E-state index in [1.165, 1.54) is 10.5 Å². The minimum atomic E-state index is -0.279. The lowest BCUT2D eigenvalue weighted by Gasteiger charge is -2.25. The van der Waals surface area contributed by atoms with Crippen molar-refractivity contribution in [1.29, 1.82) is 0 Å². The molecule has 0 bridgehead atoms. The monoisotopic (exact) mass is 360 g/mol. The molecule has 0 spiro atoms. The number of carbonyl (C=O) groups excluding carboxylic acids is 1. The molecule has 3 nitrogen and oxygen atoms in total. The van der Waals surface area contributed by atoms with Gasteiger partial charge in [0, 0.05) is 20.4 Å². The van der Waals surface area contributed by atoms with Crippen molar-refractivity contribution in [3.8, 4) is 0 Å². The molecule has 2 N–H and O–H groups in total. The molecule has 2 amide bonds. The first kappa shape index (κ1) is 17.2. The fourth-order valence-corrected chi connectivity index (χ4v) is 4.07. The second kappa shape index (κ2) is 6.69. The Labute approximate surface area is 152 Å². The number of carbonyl (C=O) groups is 1. The first-order chi connectivity index (χ1) is 11.3. The topological polar surface area (TPSA) is 41.1 Å². The second-order valence-corrected chi connectivity index (χ2v) is 8.52. The zero-order valence-electron chi connectivity index (χ0n) is 14.0. The molecule has 1 aliphatic heterocycles. The van der Waals surface area contributed by atoms with Crippen LogP contribution in [0.3, 0.4) is 0 Å². The van der Waals surface area contributed by atoms with E-state index >= 15 is 0 Å². The minimum Gasteiger partial charge on any atom is -0.334 e. The molecule has 0 saturated carbocycles. The summed E-state index contributed by atoms with van der Waals surface area (Å²) >= 11 is 7.94. The highest BCUT2D eigenvalue weighted by molar-refractivity contribution is 7.99. The van der Waals surface area contributed by atoms with Crippen molar-refractivity contribution in [2.45, 2.75) is 48.6 Å². The smallest absolute Gasteiger partial charge is 0.315 e. The predicted octanol–water partition coefficient (Wildman–Crippen LogP) is 5.19. The maximum Gasteiger partial charge on any atom is 0.315 e. The zero-order chi connectivity index (χ0) is 17.3. The molecule has 2 aromatic rings. The molecule has 2 aromatic carbocycles. The fraction of sp³-hybridized carbons (Fsp3) is 0.316. The van der Waals surface area contributed by atoms with E-state index in [9.17, 15) is 4.79 Å². The maximum atomic E-state index is 12.4. The molecule has 24 heavy (non-hydrogen) atoms. The Hall–Kier alpha value is -1.65. The van der Waals surface area contributed by atoms with Gasteiger partial charge in [0.25, 0.3) is 0 Å². The molecule has 126 valence electrons. The van der Waals surface area contributed by atoms with Crippen LogP contribution in [0.1, 0.15) is 37.9 Å². The predicted molar refractivity (Wildman–Crippen MR) is 99.9 cm³/mol. The fourth-order valence-electron chi connectivity index (χ4n) is 2.77. The lowest BCUT2D eigenvalue weighted by atomic mass is 9.99. The van der Waals surface area contributed by atoms with Crippen molar-refractivity contribution in [2.75, 3.05) is 0 Å². The molecule has 1 unspecified atom stereocenters. The van der Waals surface area contributed by atoms with E-state index in [-0.39, 0.29) is 17.6 Å². The summed E-state index contributed by atoms with van der Waals surface area (Å²) in [6.07, 6.45) is 0.744. The minimum absolute atomic E-state index is 0.114. The van der Waals surface area contributed by atoms with E-state index < -0.39 is 0 Å². The third kappa shape index (κ3) is 4.05. The van der Waals surface area contributed by atoms with Crippen LogP contribution in [0, 0.1) is 0 Å². The third-order valence-corrected chi connectivity index (χ3v) is 5.20.